The van der Waals surface area contributed by atoms with E-state index in [9.17, 15) is 9.59 Å². The first-order valence-corrected chi connectivity index (χ1v) is 11.7. The number of hydrogen-bond acceptors (Lipinski definition) is 2. The standard InChI is InChI=1S/C29H32N2O2/c1-2-26(22-12-10-11-13-22)29(23-14-6-5-7-15-23)24-18-20-25(21-19-24)31-28(33)17-9-4-3-8-16-27(30)32/h5-7,10-12,14-15,18-21H,2-4,8-9,16-17H2,1H3,(H2,30,32)(H,31,33)/b29-26+. The number of allylic oxidation sites excluding steroid dienone is 4. The molecule has 0 aliphatic heterocycles. The van der Waals surface area contributed by atoms with Gasteiger partial charge in [-0.05, 0) is 65.8 Å². The third-order valence-electron chi connectivity index (χ3n) is 5.68. The second-order valence-corrected chi connectivity index (χ2v) is 8.16. The Labute approximate surface area is 196 Å². The van der Waals surface area contributed by atoms with Crippen LogP contribution in [0.15, 0.2) is 89.7 Å². The quantitative estimate of drug-likeness (QED) is 0.300. The molecule has 0 atom stereocenters. The maximum atomic E-state index is 12.3. The number of unbranched alkanes of at least 4 members (excludes halogenated alkanes) is 3. The lowest BCUT2D eigenvalue weighted by Gasteiger charge is -2.16. The van der Waals surface area contributed by atoms with E-state index in [4.69, 9.17) is 5.73 Å². The smallest absolute Gasteiger partial charge is 0.224 e. The fraction of sp³-hybridized carbons (Fsp3) is 0.276. The molecule has 0 bridgehead atoms. The predicted octanol–water partition coefficient (Wildman–Crippen LogP) is 6.31. The first kappa shape index (κ1) is 24.0. The summed E-state index contributed by atoms with van der Waals surface area (Å²) in [5.74, 6) is -0.252. The minimum absolute atomic E-state index is 0.0112. The first-order chi connectivity index (χ1) is 16.1. The Balaban J connectivity index is 1.69. The minimum Gasteiger partial charge on any atom is -0.370 e. The molecule has 0 unspecified atom stereocenters. The average molecular weight is 441 g/mol. The van der Waals surface area contributed by atoms with Crippen LogP contribution in [0.1, 0.15) is 63.0 Å². The van der Waals surface area contributed by atoms with Gasteiger partial charge in [-0.3, -0.25) is 9.59 Å². The number of carbonyl (C=O) groups excluding carboxylic acids is 2. The number of amides is 2. The van der Waals surface area contributed by atoms with Crippen molar-refractivity contribution in [3.63, 3.8) is 0 Å². The van der Waals surface area contributed by atoms with Crippen LogP contribution in [0.3, 0.4) is 0 Å². The van der Waals surface area contributed by atoms with Crippen molar-refractivity contribution in [2.75, 3.05) is 5.32 Å². The van der Waals surface area contributed by atoms with E-state index in [-0.39, 0.29) is 11.8 Å². The van der Waals surface area contributed by atoms with Crippen LogP contribution in [-0.4, -0.2) is 11.8 Å². The summed E-state index contributed by atoms with van der Waals surface area (Å²) in [6, 6.07) is 18.5. The Hall–Kier alpha value is -3.62. The highest BCUT2D eigenvalue weighted by molar-refractivity contribution is 5.91. The van der Waals surface area contributed by atoms with Gasteiger partial charge in [-0.25, -0.2) is 0 Å². The van der Waals surface area contributed by atoms with E-state index < -0.39 is 0 Å². The van der Waals surface area contributed by atoms with Gasteiger partial charge in [-0.1, -0.05) is 68.3 Å². The molecule has 0 saturated carbocycles. The van der Waals surface area contributed by atoms with Crippen molar-refractivity contribution in [2.24, 2.45) is 5.73 Å². The third kappa shape index (κ3) is 7.20. The molecule has 4 heteroatoms. The molecule has 0 aromatic heterocycles. The van der Waals surface area contributed by atoms with E-state index >= 15 is 0 Å². The van der Waals surface area contributed by atoms with E-state index in [1.165, 1.54) is 11.1 Å². The number of hydrogen-bond donors (Lipinski definition) is 2. The van der Waals surface area contributed by atoms with Crippen LogP contribution in [0, 0.1) is 0 Å². The normalized spacial score (nSPS) is 12.9. The summed E-state index contributed by atoms with van der Waals surface area (Å²) in [6.07, 6.45) is 11.3. The summed E-state index contributed by atoms with van der Waals surface area (Å²) in [5.41, 5.74) is 15.1. The van der Waals surface area contributed by atoms with Gasteiger partial charge in [-0.15, -0.1) is 5.73 Å². The third-order valence-corrected chi connectivity index (χ3v) is 5.68. The monoisotopic (exact) mass is 440 g/mol. The molecule has 0 spiro atoms. The molecule has 3 rings (SSSR count). The highest BCUT2D eigenvalue weighted by atomic mass is 16.1. The molecule has 1 aliphatic carbocycles. The van der Waals surface area contributed by atoms with Crippen molar-refractivity contribution in [3.05, 3.63) is 101 Å². The SMILES string of the molecule is CC/C(C1=C=CC=C1)=C(/c1ccccc1)c1ccc(NC(=O)CCCCCCC(N)=O)cc1. The van der Waals surface area contributed by atoms with Crippen LogP contribution in [0.5, 0.6) is 0 Å². The van der Waals surface area contributed by atoms with Crippen molar-refractivity contribution in [1.29, 1.82) is 0 Å². The van der Waals surface area contributed by atoms with Crippen LogP contribution in [0.25, 0.3) is 5.57 Å². The lowest BCUT2D eigenvalue weighted by atomic mass is 9.88. The molecule has 4 nitrogen and oxygen atoms in total. The molecule has 2 aromatic carbocycles. The van der Waals surface area contributed by atoms with E-state index in [0.717, 1.165) is 54.5 Å². The molecule has 1 aliphatic rings. The van der Waals surface area contributed by atoms with Crippen LogP contribution >= 0.6 is 0 Å². The second kappa shape index (κ2) is 12.4. The molecular formula is C29H32N2O2. The van der Waals surface area contributed by atoms with Gasteiger partial charge in [0.2, 0.25) is 11.8 Å². The number of primary amides is 1. The van der Waals surface area contributed by atoms with E-state index in [1.807, 2.05) is 30.4 Å². The molecule has 0 heterocycles. The number of rotatable bonds is 12. The Morgan fingerprint density at radius 1 is 0.879 bits per heavy atom. The Bertz CT molecular complexity index is 1090. The van der Waals surface area contributed by atoms with Crippen LogP contribution in [-0.2, 0) is 9.59 Å². The van der Waals surface area contributed by atoms with Gasteiger partial charge in [0.1, 0.15) is 0 Å². The van der Waals surface area contributed by atoms with Crippen LogP contribution in [0.4, 0.5) is 5.69 Å². The number of anilines is 1. The molecule has 33 heavy (non-hydrogen) atoms. The zero-order valence-electron chi connectivity index (χ0n) is 19.3. The summed E-state index contributed by atoms with van der Waals surface area (Å²) >= 11 is 0. The van der Waals surface area contributed by atoms with Crippen LogP contribution < -0.4 is 11.1 Å². The Kier molecular flexibility index (Phi) is 9.05. The summed E-state index contributed by atoms with van der Waals surface area (Å²) in [4.78, 5) is 23.1. The Morgan fingerprint density at radius 2 is 1.55 bits per heavy atom. The van der Waals surface area contributed by atoms with Crippen molar-refractivity contribution in [1.82, 2.24) is 0 Å². The molecular weight excluding hydrogens is 408 g/mol. The topological polar surface area (TPSA) is 72.2 Å². The summed E-state index contributed by atoms with van der Waals surface area (Å²) in [7, 11) is 0. The number of nitrogens with two attached hydrogens (primary N) is 1. The minimum atomic E-state index is -0.264. The highest BCUT2D eigenvalue weighted by Gasteiger charge is 2.14. The van der Waals surface area contributed by atoms with Gasteiger partial charge >= 0.3 is 0 Å². The van der Waals surface area contributed by atoms with Gasteiger partial charge in [0.05, 0.1) is 0 Å². The molecule has 0 saturated heterocycles. The number of nitrogens with one attached hydrogen (secondary N) is 1. The molecule has 0 radical (unpaired) electrons. The van der Waals surface area contributed by atoms with E-state index in [2.05, 4.69) is 60.4 Å². The van der Waals surface area contributed by atoms with Crippen molar-refractivity contribution in [2.45, 2.75) is 51.9 Å². The van der Waals surface area contributed by atoms with E-state index in [1.54, 1.807) is 0 Å². The fourth-order valence-electron chi connectivity index (χ4n) is 4.02. The highest BCUT2D eigenvalue weighted by Crippen LogP contribution is 2.33. The zero-order chi connectivity index (χ0) is 23.5. The first-order valence-electron chi connectivity index (χ1n) is 11.7. The van der Waals surface area contributed by atoms with Crippen molar-refractivity contribution in [3.8, 4) is 0 Å². The van der Waals surface area contributed by atoms with E-state index in [0.29, 0.717) is 12.8 Å². The zero-order valence-corrected chi connectivity index (χ0v) is 19.3. The lowest BCUT2D eigenvalue weighted by Crippen LogP contribution is -2.11. The van der Waals surface area contributed by atoms with Crippen molar-refractivity contribution < 1.29 is 9.59 Å². The van der Waals surface area contributed by atoms with Gasteiger partial charge in [0.15, 0.2) is 0 Å². The molecule has 3 N–H and O–H groups in total. The lowest BCUT2D eigenvalue weighted by molar-refractivity contribution is -0.118. The fourth-order valence-corrected chi connectivity index (χ4v) is 4.02. The van der Waals surface area contributed by atoms with Crippen molar-refractivity contribution >= 4 is 23.1 Å². The molecule has 170 valence electrons. The van der Waals surface area contributed by atoms with Gasteiger partial charge in [0, 0.05) is 24.1 Å². The largest absolute Gasteiger partial charge is 0.370 e. The summed E-state index contributed by atoms with van der Waals surface area (Å²) < 4.78 is 0. The van der Waals surface area contributed by atoms with Gasteiger partial charge < -0.3 is 11.1 Å². The average Bonchev–Trinajstić information content (AvgIpc) is 3.35. The summed E-state index contributed by atoms with van der Waals surface area (Å²) in [6.45, 7) is 2.17. The molecule has 2 amide bonds. The second-order valence-electron chi connectivity index (χ2n) is 8.16. The summed E-state index contributed by atoms with van der Waals surface area (Å²) in [5, 5.41) is 2.99. The molecule has 2 aromatic rings. The Morgan fingerprint density at radius 3 is 2.15 bits per heavy atom. The molecule has 0 fully saturated rings. The predicted molar refractivity (Wildman–Crippen MR) is 135 cm³/mol. The van der Waals surface area contributed by atoms with Crippen LogP contribution in [0.2, 0.25) is 0 Å². The van der Waals surface area contributed by atoms with Gasteiger partial charge in [-0.2, -0.15) is 0 Å². The maximum Gasteiger partial charge on any atom is 0.224 e. The number of carbonyl (C=O) groups is 2. The van der Waals surface area contributed by atoms with Gasteiger partial charge in [0.25, 0.3) is 0 Å². The number of benzene rings is 2. The maximum absolute atomic E-state index is 12.3.